The third-order valence-corrected chi connectivity index (χ3v) is 3.62. The Morgan fingerprint density at radius 2 is 2.10 bits per heavy atom. The van der Waals surface area contributed by atoms with Crippen LogP contribution in [0.5, 0.6) is 0 Å². The number of carbonyl (C=O) groups is 1. The minimum Gasteiger partial charge on any atom is -0.444 e. The predicted molar refractivity (Wildman–Crippen MR) is 81.6 cm³/mol. The van der Waals surface area contributed by atoms with Gasteiger partial charge in [-0.25, -0.2) is 4.79 Å². The minimum absolute atomic E-state index is 0.110. The van der Waals surface area contributed by atoms with Gasteiger partial charge in [0.15, 0.2) is 0 Å². The van der Waals surface area contributed by atoms with E-state index in [-0.39, 0.29) is 11.5 Å². The topological polar surface area (TPSA) is 42.4 Å². The van der Waals surface area contributed by atoms with Crippen molar-refractivity contribution >= 4 is 22.0 Å². The Bertz CT molecular complexity index is 505. The number of ether oxygens (including phenoxy) is 1. The van der Waals surface area contributed by atoms with E-state index in [0.29, 0.717) is 0 Å². The fourth-order valence-electron chi connectivity index (χ4n) is 2.49. The van der Waals surface area contributed by atoms with E-state index in [4.69, 9.17) is 4.74 Å². The summed E-state index contributed by atoms with van der Waals surface area (Å²) >= 11 is 3.43. The molecule has 1 aromatic heterocycles. The molecule has 4 nitrogen and oxygen atoms in total. The summed E-state index contributed by atoms with van der Waals surface area (Å²) < 4.78 is 6.36. The molecule has 0 aliphatic carbocycles. The zero-order valence-corrected chi connectivity index (χ0v) is 14.0. The molecule has 1 aliphatic rings. The molecule has 0 bridgehead atoms. The molecule has 0 N–H and O–H groups in total. The van der Waals surface area contributed by atoms with E-state index in [1.54, 1.807) is 11.1 Å². The molecular formula is C15H21BrN2O2. The summed E-state index contributed by atoms with van der Waals surface area (Å²) in [5.74, 6) is 0. The summed E-state index contributed by atoms with van der Waals surface area (Å²) in [5.41, 5.74) is 0.863. The molecule has 1 saturated heterocycles. The maximum atomic E-state index is 11.9. The zero-order valence-electron chi connectivity index (χ0n) is 12.4. The molecule has 0 unspecified atom stereocenters. The normalized spacial score (nSPS) is 17.6. The average Bonchev–Trinajstić information content (AvgIpc) is 2.23. The van der Waals surface area contributed by atoms with Crippen LogP contribution in [0.4, 0.5) is 4.79 Å². The molecule has 2 heterocycles. The first-order chi connectivity index (χ1) is 9.17. The van der Waals surface area contributed by atoms with Gasteiger partial charge in [-0.3, -0.25) is 4.98 Å². The van der Waals surface area contributed by atoms with Crippen molar-refractivity contribution in [1.29, 1.82) is 0 Å². The number of amides is 1. The summed E-state index contributed by atoms with van der Waals surface area (Å²) in [7, 11) is 0. The lowest BCUT2D eigenvalue weighted by molar-refractivity contribution is -0.0276. The van der Waals surface area contributed by atoms with Gasteiger partial charge >= 0.3 is 6.09 Å². The van der Waals surface area contributed by atoms with Crippen LogP contribution in [0.2, 0.25) is 0 Å². The van der Waals surface area contributed by atoms with Crippen LogP contribution in [0, 0.1) is 5.41 Å². The molecule has 1 amide bonds. The highest BCUT2D eigenvalue weighted by atomic mass is 79.9. The Morgan fingerprint density at radius 3 is 2.65 bits per heavy atom. The molecule has 1 fully saturated rings. The summed E-state index contributed by atoms with van der Waals surface area (Å²) in [4.78, 5) is 17.9. The monoisotopic (exact) mass is 340 g/mol. The van der Waals surface area contributed by atoms with Crippen LogP contribution < -0.4 is 0 Å². The van der Waals surface area contributed by atoms with Gasteiger partial charge in [-0.15, -0.1) is 0 Å². The minimum atomic E-state index is -0.433. The molecule has 1 aromatic rings. The van der Waals surface area contributed by atoms with Gasteiger partial charge in [-0.1, -0.05) is 6.92 Å². The Morgan fingerprint density at radius 1 is 1.45 bits per heavy atom. The van der Waals surface area contributed by atoms with Crippen molar-refractivity contribution in [2.45, 2.75) is 39.7 Å². The molecule has 0 aromatic carbocycles. The number of carbonyl (C=O) groups excluding carboxylic acids is 1. The smallest absolute Gasteiger partial charge is 0.410 e. The molecule has 1 aliphatic heterocycles. The first kappa shape index (κ1) is 15.3. The Balaban J connectivity index is 1.89. The Kier molecular flexibility index (Phi) is 4.09. The highest BCUT2D eigenvalue weighted by molar-refractivity contribution is 9.10. The highest BCUT2D eigenvalue weighted by Gasteiger charge is 2.42. The molecule has 0 atom stereocenters. The van der Waals surface area contributed by atoms with Crippen molar-refractivity contribution < 1.29 is 9.53 Å². The molecule has 0 saturated carbocycles. The quantitative estimate of drug-likeness (QED) is 0.825. The van der Waals surface area contributed by atoms with Crippen LogP contribution in [0.1, 0.15) is 33.3 Å². The van der Waals surface area contributed by atoms with Crippen LogP contribution in [0.3, 0.4) is 0 Å². The summed E-state index contributed by atoms with van der Waals surface area (Å²) in [6.07, 6.45) is 4.35. The Hall–Kier alpha value is -1.10. The van der Waals surface area contributed by atoms with Crippen LogP contribution in [-0.4, -0.2) is 34.7 Å². The fraction of sp³-hybridized carbons (Fsp3) is 0.600. The van der Waals surface area contributed by atoms with Gasteiger partial charge in [0.05, 0.1) is 0 Å². The van der Waals surface area contributed by atoms with Crippen molar-refractivity contribution in [1.82, 2.24) is 9.88 Å². The predicted octanol–water partition coefficient (Wildman–Crippen LogP) is 3.64. The van der Waals surface area contributed by atoms with Crippen molar-refractivity contribution in [2.75, 3.05) is 13.1 Å². The highest BCUT2D eigenvalue weighted by Crippen LogP contribution is 2.34. The van der Waals surface area contributed by atoms with Crippen LogP contribution in [-0.2, 0) is 11.2 Å². The second-order valence-electron chi connectivity index (χ2n) is 6.84. The van der Waals surface area contributed by atoms with Crippen molar-refractivity contribution in [3.8, 4) is 0 Å². The zero-order chi connectivity index (χ0) is 15.0. The number of hydrogen-bond acceptors (Lipinski definition) is 3. The van der Waals surface area contributed by atoms with Gasteiger partial charge in [0.1, 0.15) is 5.60 Å². The van der Waals surface area contributed by atoms with Gasteiger partial charge in [0, 0.05) is 35.4 Å². The molecular weight excluding hydrogens is 320 g/mol. The molecule has 110 valence electrons. The van der Waals surface area contributed by atoms with E-state index in [2.05, 4.69) is 33.9 Å². The number of likely N-dealkylation sites (tertiary alicyclic amines) is 1. The lowest BCUT2D eigenvalue weighted by atomic mass is 9.77. The van der Waals surface area contributed by atoms with Gasteiger partial charge < -0.3 is 9.64 Å². The van der Waals surface area contributed by atoms with Gasteiger partial charge in [0.25, 0.3) is 0 Å². The number of nitrogens with zero attached hydrogens (tertiary/aromatic N) is 2. The number of rotatable bonds is 2. The van der Waals surface area contributed by atoms with Crippen LogP contribution in [0.25, 0.3) is 0 Å². The van der Waals surface area contributed by atoms with Crippen molar-refractivity contribution in [3.63, 3.8) is 0 Å². The number of aromatic nitrogens is 1. The van der Waals surface area contributed by atoms with Gasteiger partial charge in [-0.05, 0) is 54.8 Å². The molecule has 5 heteroatoms. The maximum absolute atomic E-state index is 11.9. The SMILES string of the molecule is CC1(Cc2cncc(Br)c2)CN(C(=O)OC(C)(C)C)C1. The second-order valence-corrected chi connectivity index (χ2v) is 7.75. The fourth-order valence-corrected chi connectivity index (χ4v) is 2.90. The largest absolute Gasteiger partial charge is 0.444 e. The summed E-state index contributed by atoms with van der Waals surface area (Å²) in [6.45, 7) is 9.31. The average molecular weight is 341 g/mol. The lowest BCUT2D eigenvalue weighted by Crippen LogP contribution is -2.58. The standard InChI is InChI=1S/C15H21BrN2O2/c1-14(2,3)20-13(19)18-9-15(4,10-18)6-11-5-12(16)8-17-7-11/h5,7-8H,6,9-10H2,1-4H3. The van der Waals surface area contributed by atoms with E-state index < -0.39 is 5.60 Å². The van der Waals surface area contributed by atoms with Gasteiger partial charge in [0.2, 0.25) is 0 Å². The second kappa shape index (κ2) is 5.35. The number of pyridine rings is 1. The maximum Gasteiger partial charge on any atom is 0.410 e. The Labute approximate surface area is 128 Å². The summed E-state index contributed by atoms with van der Waals surface area (Å²) in [5, 5.41) is 0. The van der Waals surface area contributed by atoms with Crippen molar-refractivity contribution in [3.05, 3.63) is 28.5 Å². The first-order valence-corrected chi connectivity index (χ1v) is 7.54. The van der Waals surface area contributed by atoms with Crippen LogP contribution in [0.15, 0.2) is 22.9 Å². The third kappa shape index (κ3) is 3.95. The van der Waals surface area contributed by atoms with E-state index in [9.17, 15) is 4.79 Å². The van der Waals surface area contributed by atoms with E-state index >= 15 is 0 Å². The molecule has 20 heavy (non-hydrogen) atoms. The number of hydrogen-bond donors (Lipinski definition) is 0. The van der Waals surface area contributed by atoms with Crippen LogP contribution >= 0.6 is 15.9 Å². The molecule has 0 spiro atoms. The van der Waals surface area contributed by atoms with E-state index in [1.807, 2.05) is 27.0 Å². The van der Waals surface area contributed by atoms with E-state index in [0.717, 1.165) is 24.0 Å². The number of halogens is 1. The molecule has 0 radical (unpaired) electrons. The first-order valence-electron chi connectivity index (χ1n) is 6.74. The van der Waals surface area contributed by atoms with Crippen molar-refractivity contribution in [2.24, 2.45) is 5.41 Å². The molecule has 2 rings (SSSR count). The lowest BCUT2D eigenvalue weighted by Gasteiger charge is -2.48. The third-order valence-electron chi connectivity index (χ3n) is 3.19. The van der Waals surface area contributed by atoms with Gasteiger partial charge in [-0.2, -0.15) is 0 Å². The summed E-state index contributed by atoms with van der Waals surface area (Å²) in [6, 6.07) is 2.08. The van der Waals surface area contributed by atoms with E-state index in [1.165, 1.54) is 5.56 Å².